The maximum Gasteiger partial charge on any atom is 0.261 e. The highest BCUT2D eigenvalue weighted by atomic mass is 35.5. The number of hydrogen-bond donors (Lipinski definition) is 2. The molecule has 0 heterocycles. The van der Waals surface area contributed by atoms with E-state index in [0.29, 0.717) is 23.2 Å². The Bertz CT molecular complexity index is 489. The van der Waals surface area contributed by atoms with Crippen molar-refractivity contribution in [2.45, 2.75) is 51.2 Å². The van der Waals surface area contributed by atoms with E-state index in [1.165, 1.54) is 19.3 Å². The van der Waals surface area contributed by atoms with E-state index >= 15 is 0 Å². The molecule has 1 aromatic carbocycles. The normalized spacial score (nSPS) is 18.5. The Balaban J connectivity index is 1.90. The van der Waals surface area contributed by atoms with Gasteiger partial charge in [0.05, 0.1) is 5.02 Å². The molecule has 2 atom stereocenters. The van der Waals surface area contributed by atoms with Crippen LogP contribution in [0, 0.1) is 5.92 Å². The highest BCUT2D eigenvalue weighted by molar-refractivity contribution is 6.32. The lowest BCUT2D eigenvalue weighted by molar-refractivity contribution is -0.128. The summed E-state index contributed by atoms with van der Waals surface area (Å²) in [6, 6.07) is 7.19. The minimum Gasteiger partial charge on any atom is -0.479 e. The van der Waals surface area contributed by atoms with E-state index in [1.54, 1.807) is 19.1 Å². The van der Waals surface area contributed by atoms with Crippen LogP contribution in [0.4, 0.5) is 0 Å². The average Bonchev–Trinajstić information content (AvgIpc) is 2.55. The first kappa shape index (κ1) is 17.1. The van der Waals surface area contributed by atoms with Gasteiger partial charge in [-0.25, -0.2) is 0 Å². The van der Waals surface area contributed by atoms with E-state index in [2.05, 4.69) is 5.32 Å². The van der Waals surface area contributed by atoms with Crippen LogP contribution in [-0.2, 0) is 4.79 Å². The molecule has 0 saturated heterocycles. The molecule has 1 saturated carbocycles. The molecule has 22 heavy (non-hydrogen) atoms. The van der Waals surface area contributed by atoms with Gasteiger partial charge in [0, 0.05) is 12.6 Å². The van der Waals surface area contributed by atoms with Gasteiger partial charge in [-0.1, -0.05) is 43.0 Å². The van der Waals surface area contributed by atoms with Gasteiger partial charge in [0.15, 0.2) is 6.10 Å². The molecule has 0 aromatic heterocycles. The van der Waals surface area contributed by atoms with E-state index in [4.69, 9.17) is 22.1 Å². The highest BCUT2D eigenvalue weighted by Crippen LogP contribution is 2.27. The second-order valence-corrected chi connectivity index (χ2v) is 6.35. The zero-order valence-corrected chi connectivity index (χ0v) is 13.8. The number of rotatable bonds is 6. The van der Waals surface area contributed by atoms with E-state index in [9.17, 15) is 4.79 Å². The molecule has 2 rings (SSSR count). The van der Waals surface area contributed by atoms with Crippen molar-refractivity contribution in [2.75, 3.05) is 6.54 Å². The van der Waals surface area contributed by atoms with Crippen LogP contribution in [0.2, 0.25) is 5.02 Å². The summed E-state index contributed by atoms with van der Waals surface area (Å²) in [6.07, 6.45) is 5.42. The number of nitrogens with one attached hydrogen (secondary N) is 1. The molecule has 4 nitrogen and oxygen atoms in total. The van der Waals surface area contributed by atoms with Crippen molar-refractivity contribution in [3.63, 3.8) is 0 Å². The Morgan fingerprint density at radius 3 is 2.68 bits per heavy atom. The van der Waals surface area contributed by atoms with Gasteiger partial charge in [-0.15, -0.1) is 0 Å². The van der Waals surface area contributed by atoms with E-state index in [0.717, 1.165) is 12.8 Å². The van der Waals surface area contributed by atoms with Crippen LogP contribution in [-0.4, -0.2) is 24.6 Å². The van der Waals surface area contributed by atoms with Crippen molar-refractivity contribution >= 4 is 17.5 Å². The topological polar surface area (TPSA) is 64.3 Å². The van der Waals surface area contributed by atoms with Gasteiger partial charge >= 0.3 is 0 Å². The summed E-state index contributed by atoms with van der Waals surface area (Å²) in [5, 5.41) is 3.55. The second-order valence-electron chi connectivity index (χ2n) is 5.94. The first-order valence-electron chi connectivity index (χ1n) is 8.03. The minimum absolute atomic E-state index is 0.0325. The Morgan fingerprint density at radius 1 is 1.36 bits per heavy atom. The van der Waals surface area contributed by atoms with Crippen molar-refractivity contribution in [2.24, 2.45) is 11.7 Å². The molecular formula is C17H25ClN2O2. The molecule has 122 valence electrons. The Morgan fingerprint density at radius 2 is 2.05 bits per heavy atom. The summed E-state index contributed by atoms with van der Waals surface area (Å²) < 4.78 is 5.65. The maximum absolute atomic E-state index is 12.3. The van der Waals surface area contributed by atoms with Gasteiger partial charge < -0.3 is 15.8 Å². The highest BCUT2D eigenvalue weighted by Gasteiger charge is 2.26. The Labute approximate surface area is 137 Å². The predicted molar refractivity (Wildman–Crippen MR) is 89.1 cm³/mol. The van der Waals surface area contributed by atoms with Gasteiger partial charge in [-0.3, -0.25) is 4.79 Å². The van der Waals surface area contributed by atoms with Crippen LogP contribution >= 0.6 is 11.6 Å². The molecule has 1 aliphatic rings. The van der Waals surface area contributed by atoms with Crippen LogP contribution in [0.5, 0.6) is 5.75 Å². The summed E-state index contributed by atoms with van der Waals surface area (Å²) in [7, 11) is 0. The molecule has 1 aromatic rings. The Kier molecular flexibility index (Phi) is 6.52. The molecule has 3 N–H and O–H groups in total. The summed E-state index contributed by atoms with van der Waals surface area (Å²) >= 11 is 6.05. The largest absolute Gasteiger partial charge is 0.479 e. The van der Waals surface area contributed by atoms with Crippen LogP contribution in [0.3, 0.4) is 0 Å². The lowest BCUT2D eigenvalue weighted by atomic mass is 9.84. The summed E-state index contributed by atoms with van der Waals surface area (Å²) in [5.41, 5.74) is 5.85. The average molecular weight is 325 g/mol. The molecule has 0 aliphatic heterocycles. The molecular weight excluding hydrogens is 300 g/mol. The predicted octanol–water partition coefficient (Wildman–Crippen LogP) is 3.13. The van der Waals surface area contributed by atoms with Crippen LogP contribution in [0.1, 0.15) is 39.0 Å². The summed E-state index contributed by atoms with van der Waals surface area (Å²) in [5.74, 6) is 0.866. The van der Waals surface area contributed by atoms with Gasteiger partial charge in [-0.2, -0.15) is 0 Å². The number of carbonyl (C=O) groups is 1. The number of halogens is 1. The van der Waals surface area contributed by atoms with Gasteiger partial charge in [0.25, 0.3) is 5.91 Å². The van der Waals surface area contributed by atoms with E-state index in [-0.39, 0.29) is 11.9 Å². The summed E-state index contributed by atoms with van der Waals surface area (Å²) in [4.78, 5) is 12.3. The molecule has 2 unspecified atom stereocenters. The van der Waals surface area contributed by atoms with Crippen LogP contribution in [0.25, 0.3) is 0 Å². The maximum atomic E-state index is 12.3. The second kappa shape index (κ2) is 8.39. The molecule has 0 radical (unpaired) electrons. The van der Waals surface area contributed by atoms with Crippen molar-refractivity contribution in [1.29, 1.82) is 0 Å². The summed E-state index contributed by atoms with van der Waals surface area (Å²) in [6.45, 7) is 2.20. The fourth-order valence-electron chi connectivity index (χ4n) is 2.99. The third kappa shape index (κ3) is 4.62. The molecule has 0 spiro atoms. The zero-order valence-electron chi connectivity index (χ0n) is 13.1. The van der Waals surface area contributed by atoms with Crippen molar-refractivity contribution in [1.82, 2.24) is 5.32 Å². The van der Waals surface area contributed by atoms with Crippen LogP contribution in [0.15, 0.2) is 24.3 Å². The van der Waals surface area contributed by atoms with Gasteiger partial charge in [-0.05, 0) is 37.8 Å². The number of benzene rings is 1. The number of amides is 1. The SMILES string of the molecule is CC(Oc1ccccc1Cl)C(=O)NC(CN)C1CCCCC1. The van der Waals surface area contributed by atoms with Gasteiger partial charge in [0.2, 0.25) is 0 Å². The molecule has 0 bridgehead atoms. The number of para-hydroxylation sites is 1. The molecule has 1 aliphatic carbocycles. The molecule has 1 amide bonds. The number of hydrogen-bond acceptors (Lipinski definition) is 3. The first-order valence-corrected chi connectivity index (χ1v) is 8.41. The van der Waals surface area contributed by atoms with Crippen molar-refractivity contribution < 1.29 is 9.53 Å². The van der Waals surface area contributed by atoms with Crippen molar-refractivity contribution in [3.8, 4) is 5.75 Å². The third-order valence-electron chi connectivity index (χ3n) is 4.31. The molecule has 1 fully saturated rings. The number of carbonyl (C=O) groups excluding carboxylic acids is 1. The quantitative estimate of drug-likeness (QED) is 0.845. The monoisotopic (exact) mass is 324 g/mol. The minimum atomic E-state index is -0.599. The van der Waals surface area contributed by atoms with Gasteiger partial charge in [0.1, 0.15) is 5.75 Å². The fourth-order valence-corrected chi connectivity index (χ4v) is 3.17. The fraction of sp³-hybridized carbons (Fsp3) is 0.588. The first-order chi connectivity index (χ1) is 10.6. The lowest BCUT2D eigenvalue weighted by Crippen LogP contribution is -2.49. The molecule has 5 heteroatoms. The lowest BCUT2D eigenvalue weighted by Gasteiger charge is -2.30. The number of nitrogens with two attached hydrogens (primary N) is 1. The third-order valence-corrected chi connectivity index (χ3v) is 4.62. The smallest absolute Gasteiger partial charge is 0.261 e. The Hall–Kier alpha value is -1.26. The number of ether oxygens (including phenoxy) is 1. The van der Waals surface area contributed by atoms with E-state index < -0.39 is 6.10 Å². The van der Waals surface area contributed by atoms with Crippen LogP contribution < -0.4 is 15.8 Å². The standard InChI is InChI=1S/C17H25ClN2O2/c1-12(22-16-10-6-5-9-14(16)18)17(21)20-15(11-19)13-7-3-2-4-8-13/h5-6,9-10,12-13,15H,2-4,7-8,11,19H2,1H3,(H,20,21). The van der Waals surface area contributed by atoms with Crippen molar-refractivity contribution in [3.05, 3.63) is 29.3 Å². The van der Waals surface area contributed by atoms with E-state index in [1.807, 2.05) is 12.1 Å². The zero-order chi connectivity index (χ0) is 15.9.